The normalized spacial score (nSPS) is 11.2. The average Bonchev–Trinajstić information content (AvgIpc) is 3.07. The molecule has 6 nitrogen and oxygen atoms in total. The van der Waals surface area contributed by atoms with Crippen molar-refractivity contribution in [3.05, 3.63) is 75.7 Å². The molecule has 0 N–H and O–H groups in total. The van der Waals surface area contributed by atoms with Crippen molar-refractivity contribution in [2.45, 2.75) is 17.8 Å². The number of fused-ring (bicyclic) bond motifs is 1. The molecule has 2 heterocycles. The second kappa shape index (κ2) is 6.93. The van der Waals surface area contributed by atoms with Gasteiger partial charge in [-0.25, -0.2) is 4.98 Å². The molecule has 4 aromatic rings. The Morgan fingerprint density at radius 1 is 1.12 bits per heavy atom. The molecule has 8 heteroatoms. The predicted octanol–water partition coefficient (Wildman–Crippen LogP) is 4.02. The number of para-hydroxylation sites is 1. The van der Waals surface area contributed by atoms with Gasteiger partial charge < -0.3 is 4.42 Å². The number of benzene rings is 2. The van der Waals surface area contributed by atoms with E-state index in [-0.39, 0.29) is 5.56 Å². The topological polar surface area (TPSA) is 73.8 Å². The summed E-state index contributed by atoms with van der Waals surface area (Å²) >= 11 is 7.35. The number of aromatic nitrogens is 4. The molecular weight excluding hydrogens is 372 g/mol. The zero-order chi connectivity index (χ0) is 18.1. The van der Waals surface area contributed by atoms with Crippen LogP contribution in [0.5, 0.6) is 0 Å². The minimum atomic E-state index is -0.137. The van der Waals surface area contributed by atoms with E-state index < -0.39 is 0 Å². The van der Waals surface area contributed by atoms with Gasteiger partial charge in [0.2, 0.25) is 11.8 Å². The zero-order valence-electron chi connectivity index (χ0n) is 13.7. The van der Waals surface area contributed by atoms with Crippen molar-refractivity contribution in [2.24, 2.45) is 0 Å². The first-order valence-corrected chi connectivity index (χ1v) is 9.18. The molecule has 0 atom stereocenters. The van der Waals surface area contributed by atoms with E-state index >= 15 is 0 Å². The maximum absolute atomic E-state index is 13.1. The van der Waals surface area contributed by atoms with Crippen molar-refractivity contribution < 1.29 is 4.42 Å². The van der Waals surface area contributed by atoms with Crippen molar-refractivity contribution in [2.75, 3.05) is 0 Å². The molecule has 0 radical (unpaired) electrons. The Kier molecular flexibility index (Phi) is 4.48. The molecule has 2 aromatic heterocycles. The Morgan fingerprint density at radius 3 is 2.62 bits per heavy atom. The van der Waals surface area contributed by atoms with Crippen LogP contribution in [0.25, 0.3) is 16.6 Å². The van der Waals surface area contributed by atoms with Crippen LogP contribution in [0.4, 0.5) is 0 Å². The van der Waals surface area contributed by atoms with Gasteiger partial charge in [-0.05, 0) is 36.4 Å². The summed E-state index contributed by atoms with van der Waals surface area (Å²) in [6.07, 6.45) is 0. The molecule has 0 saturated heterocycles. The van der Waals surface area contributed by atoms with Crippen LogP contribution in [0.15, 0.2) is 62.9 Å². The van der Waals surface area contributed by atoms with E-state index in [0.29, 0.717) is 44.3 Å². The van der Waals surface area contributed by atoms with Crippen molar-refractivity contribution >= 4 is 34.3 Å². The van der Waals surface area contributed by atoms with Gasteiger partial charge in [0.15, 0.2) is 5.16 Å². The summed E-state index contributed by atoms with van der Waals surface area (Å²) in [7, 11) is 0. The number of halogens is 1. The first kappa shape index (κ1) is 16.8. The van der Waals surface area contributed by atoms with Crippen LogP contribution in [0.2, 0.25) is 5.02 Å². The minimum absolute atomic E-state index is 0.137. The van der Waals surface area contributed by atoms with Gasteiger partial charge in [-0.1, -0.05) is 35.5 Å². The quantitative estimate of drug-likeness (QED) is 0.391. The Bertz CT molecular complexity index is 1140. The fraction of sp³-hybridized carbons (Fsp3) is 0.111. The van der Waals surface area contributed by atoms with E-state index in [1.54, 1.807) is 41.8 Å². The number of hydrogen-bond donors (Lipinski definition) is 0. The summed E-state index contributed by atoms with van der Waals surface area (Å²) < 4.78 is 6.98. The predicted molar refractivity (Wildman–Crippen MR) is 101 cm³/mol. The standard InChI is InChI=1S/C18H13ClN4O2S/c1-11-21-22-16(25-11)10-26-18-20-15-5-3-2-4-14(15)17(24)23(18)13-8-6-12(19)7-9-13/h2-9H,10H2,1H3. The molecule has 130 valence electrons. The van der Waals surface area contributed by atoms with Gasteiger partial charge >= 0.3 is 0 Å². The Balaban J connectivity index is 1.84. The molecule has 2 aromatic carbocycles. The number of nitrogens with zero attached hydrogens (tertiary/aromatic N) is 4. The highest BCUT2D eigenvalue weighted by atomic mass is 35.5. The lowest BCUT2D eigenvalue weighted by Gasteiger charge is -2.12. The van der Waals surface area contributed by atoms with E-state index in [9.17, 15) is 4.79 Å². The largest absolute Gasteiger partial charge is 0.425 e. The SMILES string of the molecule is Cc1nnc(CSc2nc3ccccc3c(=O)n2-c2ccc(Cl)cc2)o1. The number of thioether (sulfide) groups is 1. The highest BCUT2D eigenvalue weighted by molar-refractivity contribution is 7.98. The Labute approximate surface area is 157 Å². The first-order chi connectivity index (χ1) is 12.6. The highest BCUT2D eigenvalue weighted by Crippen LogP contribution is 2.24. The van der Waals surface area contributed by atoms with Gasteiger partial charge in [-0.3, -0.25) is 9.36 Å². The third kappa shape index (κ3) is 3.23. The number of hydrogen-bond acceptors (Lipinski definition) is 6. The van der Waals surface area contributed by atoms with Crippen LogP contribution in [0.1, 0.15) is 11.8 Å². The summed E-state index contributed by atoms with van der Waals surface area (Å²) in [4.78, 5) is 17.7. The van der Waals surface area contributed by atoms with Crippen LogP contribution in [0, 0.1) is 6.92 Å². The molecule has 26 heavy (non-hydrogen) atoms. The van der Waals surface area contributed by atoms with E-state index in [0.717, 1.165) is 0 Å². The molecule has 4 rings (SSSR count). The minimum Gasteiger partial charge on any atom is -0.425 e. The van der Waals surface area contributed by atoms with E-state index in [1.165, 1.54) is 11.8 Å². The first-order valence-electron chi connectivity index (χ1n) is 7.81. The van der Waals surface area contributed by atoms with Crippen LogP contribution < -0.4 is 5.56 Å². The lowest BCUT2D eigenvalue weighted by molar-refractivity contribution is 0.485. The molecule has 0 bridgehead atoms. The van der Waals surface area contributed by atoms with Crippen LogP contribution in [0.3, 0.4) is 0 Å². The maximum Gasteiger partial charge on any atom is 0.266 e. The van der Waals surface area contributed by atoms with Crippen molar-refractivity contribution in [1.29, 1.82) is 0 Å². The van der Waals surface area contributed by atoms with Gasteiger partial charge in [0.05, 0.1) is 22.3 Å². The van der Waals surface area contributed by atoms with Crippen LogP contribution >= 0.6 is 23.4 Å². The van der Waals surface area contributed by atoms with E-state index in [2.05, 4.69) is 15.2 Å². The van der Waals surface area contributed by atoms with Crippen LogP contribution in [-0.4, -0.2) is 19.7 Å². The summed E-state index contributed by atoms with van der Waals surface area (Å²) in [6.45, 7) is 1.74. The van der Waals surface area contributed by atoms with Gasteiger partial charge in [-0.2, -0.15) is 0 Å². The summed E-state index contributed by atoms with van der Waals surface area (Å²) in [5, 5.41) is 9.52. The molecule has 0 unspecified atom stereocenters. The van der Waals surface area contributed by atoms with Gasteiger partial charge in [0.1, 0.15) is 0 Å². The average molecular weight is 385 g/mol. The van der Waals surface area contributed by atoms with Gasteiger partial charge in [0, 0.05) is 11.9 Å². The highest BCUT2D eigenvalue weighted by Gasteiger charge is 2.14. The van der Waals surface area contributed by atoms with E-state index in [1.807, 2.05) is 18.2 Å². The molecule has 0 aliphatic carbocycles. The lowest BCUT2D eigenvalue weighted by atomic mass is 10.2. The van der Waals surface area contributed by atoms with Gasteiger partial charge in [-0.15, -0.1) is 10.2 Å². The second-order valence-electron chi connectivity index (χ2n) is 5.53. The fourth-order valence-corrected chi connectivity index (χ4v) is 3.52. The molecule has 0 spiro atoms. The zero-order valence-corrected chi connectivity index (χ0v) is 15.3. The number of rotatable bonds is 4. The Morgan fingerprint density at radius 2 is 1.88 bits per heavy atom. The molecular formula is C18H13ClN4O2S. The molecule has 0 aliphatic heterocycles. The van der Waals surface area contributed by atoms with Crippen LogP contribution in [-0.2, 0) is 5.75 Å². The summed E-state index contributed by atoms with van der Waals surface area (Å²) in [6, 6.07) is 14.4. The third-order valence-corrected chi connectivity index (χ3v) is 4.90. The molecule has 0 amide bonds. The number of aryl methyl sites for hydroxylation is 1. The third-order valence-electron chi connectivity index (χ3n) is 3.72. The van der Waals surface area contributed by atoms with Crippen molar-refractivity contribution in [3.63, 3.8) is 0 Å². The monoisotopic (exact) mass is 384 g/mol. The maximum atomic E-state index is 13.1. The van der Waals surface area contributed by atoms with Gasteiger partial charge in [0.25, 0.3) is 5.56 Å². The van der Waals surface area contributed by atoms with Crippen molar-refractivity contribution in [1.82, 2.24) is 19.7 Å². The lowest BCUT2D eigenvalue weighted by Crippen LogP contribution is -2.21. The Hall–Kier alpha value is -2.64. The van der Waals surface area contributed by atoms with E-state index in [4.69, 9.17) is 16.0 Å². The smallest absolute Gasteiger partial charge is 0.266 e. The molecule has 0 fully saturated rings. The fourth-order valence-electron chi connectivity index (χ4n) is 2.55. The molecule has 0 aliphatic rings. The molecule has 0 saturated carbocycles. The summed E-state index contributed by atoms with van der Waals surface area (Å²) in [5.74, 6) is 1.40. The van der Waals surface area contributed by atoms with Crippen molar-refractivity contribution in [3.8, 4) is 5.69 Å². The summed E-state index contributed by atoms with van der Waals surface area (Å²) in [5.41, 5.74) is 1.20. The second-order valence-corrected chi connectivity index (χ2v) is 6.91.